The van der Waals surface area contributed by atoms with Gasteiger partial charge in [-0.3, -0.25) is 9.59 Å². The first-order valence-corrected chi connectivity index (χ1v) is 10.0. The fourth-order valence-electron chi connectivity index (χ4n) is 2.89. The number of aryl methyl sites for hydroxylation is 1. The average molecular weight is 459 g/mol. The van der Waals surface area contributed by atoms with Crippen molar-refractivity contribution in [3.05, 3.63) is 52.9 Å². The smallest absolute Gasteiger partial charge is 0.316 e. The van der Waals surface area contributed by atoms with Crippen LogP contribution in [-0.4, -0.2) is 48.4 Å². The van der Waals surface area contributed by atoms with Crippen molar-refractivity contribution in [2.45, 2.75) is 6.92 Å². The number of carbonyl (C=O) groups excluding carboxylic acids is 2. The average Bonchev–Trinajstić information content (AvgIpc) is 3.45. The second kappa shape index (κ2) is 9.56. The lowest BCUT2D eigenvalue weighted by Crippen LogP contribution is -2.36. The largest absolute Gasteiger partial charge is 0.484 e. The number of hydrogen-bond donors (Lipinski definition) is 2. The van der Waals surface area contributed by atoms with Gasteiger partial charge in [-0.05, 0) is 48.9 Å². The van der Waals surface area contributed by atoms with E-state index in [1.54, 1.807) is 36.4 Å². The molecule has 2 heterocycles. The number of ether oxygens (including phenoxy) is 3. The summed E-state index contributed by atoms with van der Waals surface area (Å²) in [5.74, 6) is 0.966. The number of rotatable bonds is 8. The van der Waals surface area contributed by atoms with E-state index < -0.39 is 5.91 Å². The van der Waals surface area contributed by atoms with E-state index in [4.69, 9.17) is 30.3 Å². The summed E-state index contributed by atoms with van der Waals surface area (Å²) in [4.78, 5) is 28.2. The molecule has 0 unspecified atom stereocenters. The van der Waals surface area contributed by atoms with E-state index in [0.29, 0.717) is 27.8 Å². The third-order valence-corrected chi connectivity index (χ3v) is 4.71. The van der Waals surface area contributed by atoms with Crippen LogP contribution in [0.25, 0.3) is 11.4 Å². The van der Waals surface area contributed by atoms with Crippen molar-refractivity contribution in [2.75, 3.05) is 26.5 Å². The first kappa shape index (κ1) is 21.4. The highest BCUT2D eigenvalue weighted by atomic mass is 35.5. The molecule has 32 heavy (non-hydrogen) atoms. The van der Waals surface area contributed by atoms with Crippen LogP contribution < -0.4 is 24.8 Å². The minimum absolute atomic E-state index is 0.154. The number of amides is 2. The molecular formula is C21H19ClN4O6. The van der Waals surface area contributed by atoms with Crippen molar-refractivity contribution in [1.29, 1.82) is 0 Å². The van der Waals surface area contributed by atoms with E-state index >= 15 is 0 Å². The molecule has 3 aromatic rings. The molecule has 2 amide bonds. The zero-order valence-corrected chi connectivity index (χ0v) is 17.8. The van der Waals surface area contributed by atoms with Crippen molar-refractivity contribution in [1.82, 2.24) is 20.8 Å². The Hall–Kier alpha value is -3.79. The summed E-state index contributed by atoms with van der Waals surface area (Å²) in [7, 11) is 0. The Balaban J connectivity index is 1.20. The fraction of sp³-hybridized carbons (Fsp3) is 0.238. The SMILES string of the molecule is Cc1cc(Cl)ccc1OCC(=O)NCCNC(=O)c1nc(-c2ccc3c(c2)OCO3)no1. The van der Waals surface area contributed by atoms with Gasteiger partial charge in [0.15, 0.2) is 18.1 Å². The van der Waals surface area contributed by atoms with E-state index in [0.717, 1.165) is 5.56 Å². The van der Waals surface area contributed by atoms with Gasteiger partial charge < -0.3 is 29.4 Å². The molecule has 11 heteroatoms. The first-order valence-electron chi connectivity index (χ1n) is 9.67. The summed E-state index contributed by atoms with van der Waals surface area (Å²) < 4.78 is 21.1. The number of hydrogen-bond acceptors (Lipinski definition) is 8. The molecule has 4 rings (SSSR count). The first-order chi connectivity index (χ1) is 15.5. The quantitative estimate of drug-likeness (QED) is 0.493. The van der Waals surface area contributed by atoms with Crippen LogP contribution in [0.3, 0.4) is 0 Å². The molecule has 2 aromatic carbocycles. The number of halogens is 1. The van der Waals surface area contributed by atoms with Crippen molar-refractivity contribution in [2.24, 2.45) is 0 Å². The van der Waals surface area contributed by atoms with Crippen LogP contribution >= 0.6 is 11.6 Å². The van der Waals surface area contributed by atoms with Crippen LogP contribution in [0.15, 0.2) is 40.9 Å². The topological polar surface area (TPSA) is 125 Å². The standard InChI is InChI=1S/C21H19ClN4O6/c1-12-8-14(22)3-5-15(12)29-10-18(27)23-6-7-24-20(28)21-25-19(26-32-21)13-2-4-16-17(9-13)31-11-30-16/h2-5,8-9H,6-7,10-11H2,1H3,(H,23,27)(H,24,28). The molecule has 166 valence electrons. The number of benzene rings is 2. The Morgan fingerprint density at radius 3 is 2.75 bits per heavy atom. The molecule has 0 radical (unpaired) electrons. The zero-order valence-electron chi connectivity index (χ0n) is 17.0. The lowest BCUT2D eigenvalue weighted by Gasteiger charge is -2.10. The lowest BCUT2D eigenvalue weighted by atomic mass is 10.2. The van der Waals surface area contributed by atoms with Gasteiger partial charge in [-0.15, -0.1) is 0 Å². The van der Waals surface area contributed by atoms with Crippen molar-refractivity contribution in [3.8, 4) is 28.6 Å². The molecule has 0 saturated heterocycles. The molecule has 0 aliphatic carbocycles. The number of fused-ring (bicyclic) bond motifs is 1. The van der Waals surface area contributed by atoms with E-state index in [-0.39, 0.29) is 44.1 Å². The third-order valence-electron chi connectivity index (χ3n) is 4.48. The van der Waals surface area contributed by atoms with Gasteiger partial charge in [0, 0.05) is 23.7 Å². The second-order valence-corrected chi connectivity index (χ2v) is 7.23. The number of nitrogens with one attached hydrogen (secondary N) is 2. The van der Waals surface area contributed by atoms with Crippen molar-refractivity contribution < 1.29 is 28.3 Å². The van der Waals surface area contributed by atoms with Gasteiger partial charge in [0.05, 0.1) is 0 Å². The van der Waals surface area contributed by atoms with Gasteiger partial charge in [0.25, 0.3) is 5.91 Å². The van der Waals surface area contributed by atoms with Crippen molar-refractivity contribution >= 4 is 23.4 Å². The van der Waals surface area contributed by atoms with Gasteiger partial charge in [-0.1, -0.05) is 16.8 Å². The molecule has 0 spiro atoms. The van der Waals surface area contributed by atoms with Crippen LogP contribution in [0.1, 0.15) is 16.2 Å². The number of nitrogens with zero attached hydrogens (tertiary/aromatic N) is 2. The van der Waals surface area contributed by atoms with E-state index in [1.807, 2.05) is 6.92 Å². The minimum Gasteiger partial charge on any atom is -0.484 e. The normalized spacial score (nSPS) is 11.8. The summed E-state index contributed by atoms with van der Waals surface area (Å²) in [5.41, 5.74) is 1.46. The maximum atomic E-state index is 12.2. The molecule has 0 bridgehead atoms. The van der Waals surface area contributed by atoms with Crippen LogP contribution in [-0.2, 0) is 4.79 Å². The lowest BCUT2D eigenvalue weighted by molar-refractivity contribution is -0.123. The maximum absolute atomic E-state index is 12.2. The Morgan fingerprint density at radius 2 is 1.91 bits per heavy atom. The summed E-state index contributed by atoms with van der Waals surface area (Å²) in [6.07, 6.45) is 0. The predicted octanol–water partition coefficient (Wildman–Crippen LogP) is 2.35. The zero-order chi connectivity index (χ0) is 22.5. The molecule has 1 aliphatic rings. The summed E-state index contributed by atoms with van der Waals surface area (Å²) in [6.45, 7) is 2.22. The Morgan fingerprint density at radius 1 is 1.09 bits per heavy atom. The molecule has 0 atom stereocenters. The molecule has 0 fully saturated rings. The van der Waals surface area contributed by atoms with Crippen LogP contribution in [0, 0.1) is 6.92 Å². The molecule has 0 saturated carbocycles. The third kappa shape index (κ3) is 5.09. The Bertz CT molecular complexity index is 1150. The molecule has 10 nitrogen and oxygen atoms in total. The highest BCUT2D eigenvalue weighted by molar-refractivity contribution is 6.30. The van der Waals surface area contributed by atoms with Crippen LogP contribution in [0.2, 0.25) is 5.02 Å². The highest BCUT2D eigenvalue weighted by Crippen LogP contribution is 2.35. The monoisotopic (exact) mass is 458 g/mol. The van der Waals surface area contributed by atoms with Crippen LogP contribution in [0.5, 0.6) is 17.2 Å². The Kier molecular flexibility index (Phi) is 6.41. The van der Waals surface area contributed by atoms with E-state index in [9.17, 15) is 9.59 Å². The molecule has 2 N–H and O–H groups in total. The number of aromatic nitrogens is 2. The summed E-state index contributed by atoms with van der Waals surface area (Å²) in [6, 6.07) is 10.3. The van der Waals surface area contributed by atoms with Gasteiger partial charge in [0.1, 0.15) is 5.75 Å². The van der Waals surface area contributed by atoms with Crippen molar-refractivity contribution in [3.63, 3.8) is 0 Å². The summed E-state index contributed by atoms with van der Waals surface area (Å²) >= 11 is 5.89. The van der Waals surface area contributed by atoms with Crippen LogP contribution in [0.4, 0.5) is 0 Å². The van der Waals surface area contributed by atoms with E-state index in [1.165, 1.54) is 0 Å². The Labute approximate surface area is 187 Å². The van der Waals surface area contributed by atoms with Gasteiger partial charge in [0.2, 0.25) is 12.6 Å². The highest BCUT2D eigenvalue weighted by Gasteiger charge is 2.19. The maximum Gasteiger partial charge on any atom is 0.316 e. The molecular weight excluding hydrogens is 440 g/mol. The van der Waals surface area contributed by atoms with Gasteiger partial charge >= 0.3 is 11.8 Å². The second-order valence-electron chi connectivity index (χ2n) is 6.80. The summed E-state index contributed by atoms with van der Waals surface area (Å²) in [5, 5.41) is 9.66. The fourth-order valence-corrected chi connectivity index (χ4v) is 3.12. The predicted molar refractivity (Wildman–Crippen MR) is 113 cm³/mol. The molecule has 1 aliphatic heterocycles. The van der Waals surface area contributed by atoms with Gasteiger partial charge in [-0.2, -0.15) is 4.98 Å². The minimum atomic E-state index is -0.549. The van der Waals surface area contributed by atoms with Gasteiger partial charge in [-0.25, -0.2) is 0 Å². The van der Waals surface area contributed by atoms with E-state index in [2.05, 4.69) is 20.8 Å². The number of carbonyl (C=O) groups is 2. The molecule has 1 aromatic heterocycles.